The minimum atomic E-state index is 0.211. The molecule has 2 atom stereocenters. The van der Waals surface area contributed by atoms with E-state index in [0.29, 0.717) is 0 Å². The SMILES string of the molecule is C#CCCCC(NN)C(CCC)OCC. The Morgan fingerprint density at radius 3 is 2.60 bits per heavy atom. The predicted octanol–water partition coefficient (Wildman–Crippen LogP) is 1.83. The molecule has 0 aromatic carbocycles. The van der Waals surface area contributed by atoms with Crippen molar-refractivity contribution in [1.82, 2.24) is 5.43 Å². The summed E-state index contributed by atoms with van der Waals surface area (Å²) >= 11 is 0. The Morgan fingerprint density at radius 2 is 2.13 bits per heavy atom. The predicted molar refractivity (Wildman–Crippen MR) is 64.1 cm³/mol. The molecule has 0 aliphatic rings. The fourth-order valence-electron chi connectivity index (χ4n) is 1.70. The highest BCUT2D eigenvalue weighted by Crippen LogP contribution is 2.12. The third kappa shape index (κ3) is 6.51. The van der Waals surface area contributed by atoms with Crippen molar-refractivity contribution in [2.45, 2.75) is 58.1 Å². The van der Waals surface area contributed by atoms with E-state index in [1.807, 2.05) is 6.92 Å². The van der Waals surface area contributed by atoms with E-state index in [9.17, 15) is 0 Å². The van der Waals surface area contributed by atoms with E-state index in [2.05, 4.69) is 18.3 Å². The zero-order chi connectivity index (χ0) is 11.5. The molecule has 0 aromatic rings. The first-order chi connectivity index (χ1) is 7.29. The number of ether oxygens (including phenoxy) is 1. The number of nitrogens with two attached hydrogens (primary N) is 1. The second kappa shape index (κ2) is 9.97. The van der Waals surface area contributed by atoms with Gasteiger partial charge in [0.2, 0.25) is 0 Å². The van der Waals surface area contributed by atoms with E-state index in [4.69, 9.17) is 17.0 Å². The molecule has 0 spiro atoms. The highest BCUT2D eigenvalue weighted by atomic mass is 16.5. The fourth-order valence-corrected chi connectivity index (χ4v) is 1.70. The molecule has 3 nitrogen and oxygen atoms in total. The molecule has 15 heavy (non-hydrogen) atoms. The largest absolute Gasteiger partial charge is 0.377 e. The maximum Gasteiger partial charge on any atom is 0.0741 e. The van der Waals surface area contributed by atoms with Gasteiger partial charge >= 0.3 is 0 Å². The molecular weight excluding hydrogens is 188 g/mol. The Balaban J connectivity index is 4.00. The molecule has 0 radical (unpaired) electrons. The minimum absolute atomic E-state index is 0.211. The van der Waals surface area contributed by atoms with Crippen LogP contribution < -0.4 is 11.3 Å². The van der Waals surface area contributed by atoms with Gasteiger partial charge in [-0.2, -0.15) is 0 Å². The minimum Gasteiger partial charge on any atom is -0.377 e. The van der Waals surface area contributed by atoms with Gasteiger partial charge in [0.1, 0.15) is 0 Å². The molecular formula is C12H24N2O. The second-order valence-corrected chi connectivity index (χ2v) is 3.65. The number of rotatable bonds is 9. The van der Waals surface area contributed by atoms with E-state index in [0.717, 1.165) is 38.7 Å². The average molecular weight is 212 g/mol. The highest BCUT2D eigenvalue weighted by molar-refractivity contribution is 4.85. The van der Waals surface area contributed by atoms with Crippen molar-refractivity contribution in [3.8, 4) is 12.3 Å². The van der Waals surface area contributed by atoms with Crippen LogP contribution in [-0.4, -0.2) is 18.8 Å². The molecule has 0 bridgehead atoms. The van der Waals surface area contributed by atoms with Gasteiger partial charge in [0, 0.05) is 19.1 Å². The van der Waals surface area contributed by atoms with E-state index >= 15 is 0 Å². The van der Waals surface area contributed by atoms with Gasteiger partial charge < -0.3 is 4.74 Å². The molecule has 0 saturated heterocycles. The van der Waals surface area contributed by atoms with Crippen molar-refractivity contribution in [2.75, 3.05) is 6.61 Å². The van der Waals surface area contributed by atoms with Crippen LogP contribution >= 0.6 is 0 Å². The van der Waals surface area contributed by atoms with E-state index in [1.165, 1.54) is 0 Å². The first kappa shape index (κ1) is 14.4. The van der Waals surface area contributed by atoms with Crippen LogP contribution in [0.25, 0.3) is 0 Å². The van der Waals surface area contributed by atoms with Gasteiger partial charge in [0.25, 0.3) is 0 Å². The molecule has 3 heteroatoms. The molecule has 3 N–H and O–H groups in total. The Kier molecular flexibility index (Phi) is 9.60. The van der Waals surface area contributed by atoms with Crippen LogP contribution in [0.2, 0.25) is 0 Å². The van der Waals surface area contributed by atoms with Crippen molar-refractivity contribution in [3.05, 3.63) is 0 Å². The van der Waals surface area contributed by atoms with E-state index in [-0.39, 0.29) is 12.1 Å². The molecule has 0 aliphatic heterocycles. The topological polar surface area (TPSA) is 47.3 Å². The number of unbranched alkanes of at least 4 members (excludes halogenated alkanes) is 1. The molecule has 0 saturated carbocycles. The van der Waals surface area contributed by atoms with Gasteiger partial charge in [-0.3, -0.25) is 11.3 Å². The summed E-state index contributed by atoms with van der Waals surface area (Å²) in [6, 6.07) is 0.221. The molecule has 0 heterocycles. The first-order valence-electron chi connectivity index (χ1n) is 5.81. The number of hydrogen-bond acceptors (Lipinski definition) is 3. The Labute approximate surface area is 93.7 Å². The van der Waals surface area contributed by atoms with Gasteiger partial charge in [-0.05, 0) is 26.2 Å². The van der Waals surface area contributed by atoms with Crippen molar-refractivity contribution in [2.24, 2.45) is 5.84 Å². The smallest absolute Gasteiger partial charge is 0.0741 e. The summed E-state index contributed by atoms with van der Waals surface area (Å²) in [5.74, 6) is 8.18. The Morgan fingerprint density at radius 1 is 1.40 bits per heavy atom. The zero-order valence-corrected chi connectivity index (χ0v) is 9.96. The van der Waals surface area contributed by atoms with Crippen LogP contribution in [0, 0.1) is 12.3 Å². The molecule has 0 amide bonds. The van der Waals surface area contributed by atoms with Gasteiger partial charge in [-0.1, -0.05) is 13.3 Å². The lowest BCUT2D eigenvalue weighted by atomic mass is 10.0. The van der Waals surface area contributed by atoms with Crippen LogP contribution in [-0.2, 0) is 4.74 Å². The third-order valence-corrected chi connectivity index (χ3v) is 2.45. The Hall–Kier alpha value is -0.560. The van der Waals surface area contributed by atoms with Crippen molar-refractivity contribution >= 4 is 0 Å². The maximum atomic E-state index is 5.67. The standard InChI is InChI=1S/C12H24N2O/c1-4-7-8-10-11(14-13)12(9-5-2)15-6-3/h1,11-12,14H,5-10,13H2,2-3H3. The summed E-state index contributed by atoms with van der Waals surface area (Å²) in [6.45, 7) is 4.90. The maximum absolute atomic E-state index is 5.67. The van der Waals surface area contributed by atoms with Crippen LogP contribution in [0.15, 0.2) is 0 Å². The van der Waals surface area contributed by atoms with Crippen molar-refractivity contribution in [3.63, 3.8) is 0 Å². The van der Waals surface area contributed by atoms with Crippen molar-refractivity contribution < 1.29 is 4.74 Å². The van der Waals surface area contributed by atoms with Gasteiger partial charge in [-0.25, -0.2) is 0 Å². The summed E-state index contributed by atoms with van der Waals surface area (Å²) < 4.78 is 5.67. The lowest BCUT2D eigenvalue weighted by Crippen LogP contribution is -2.45. The highest BCUT2D eigenvalue weighted by Gasteiger charge is 2.19. The number of nitrogens with one attached hydrogen (secondary N) is 1. The Bertz CT molecular complexity index is 171. The molecule has 88 valence electrons. The molecule has 0 rings (SSSR count). The summed E-state index contributed by atoms with van der Waals surface area (Å²) in [7, 11) is 0. The number of terminal acetylenes is 1. The van der Waals surface area contributed by atoms with Crippen LogP contribution in [0.1, 0.15) is 46.0 Å². The van der Waals surface area contributed by atoms with Crippen LogP contribution in [0.4, 0.5) is 0 Å². The summed E-state index contributed by atoms with van der Waals surface area (Å²) in [5, 5.41) is 0. The first-order valence-corrected chi connectivity index (χ1v) is 5.81. The average Bonchev–Trinajstić information content (AvgIpc) is 2.24. The number of hydrogen-bond donors (Lipinski definition) is 2. The fraction of sp³-hybridized carbons (Fsp3) is 0.833. The summed E-state index contributed by atoms with van der Waals surface area (Å²) in [5.41, 5.74) is 2.84. The monoisotopic (exact) mass is 212 g/mol. The van der Waals surface area contributed by atoms with E-state index < -0.39 is 0 Å². The molecule has 0 fully saturated rings. The van der Waals surface area contributed by atoms with Crippen LogP contribution in [0.3, 0.4) is 0 Å². The second-order valence-electron chi connectivity index (χ2n) is 3.65. The summed E-state index contributed by atoms with van der Waals surface area (Å²) in [6.07, 6.45) is 10.4. The van der Waals surface area contributed by atoms with Gasteiger partial charge in [-0.15, -0.1) is 12.3 Å². The molecule has 2 unspecified atom stereocenters. The molecule has 0 aliphatic carbocycles. The third-order valence-electron chi connectivity index (χ3n) is 2.45. The number of hydrazine groups is 1. The lowest BCUT2D eigenvalue weighted by molar-refractivity contribution is 0.0255. The summed E-state index contributed by atoms with van der Waals surface area (Å²) in [4.78, 5) is 0. The zero-order valence-electron chi connectivity index (χ0n) is 9.96. The lowest BCUT2D eigenvalue weighted by Gasteiger charge is -2.26. The van der Waals surface area contributed by atoms with Crippen molar-refractivity contribution in [1.29, 1.82) is 0 Å². The quantitative estimate of drug-likeness (QED) is 0.265. The van der Waals surface area contributed by atoms with Crippen LogP contribution in [0.5, 0.6) is 0 Å². The van der Waals surface area contributed by atoms with Gasteiger partial charge in [0.05, 0.1) is 6.10 Å². The normalized spacial score (nSPS) is 14.5. The molecule has 0 aromatic heterocycles. The van der Waals surface area contributed by atoms with E-state index in [1.54, 1.807) is 0 Å². The van der Waals surface area contributed by atoms with Gasteiger partial charge in [0.15, 0.2) is 0 Å².